The molecule has 0 fully saturated rings. The molecule has 0 aliphatic carbocycles. The number of hydrogen-bond acceptors (Lipinski definition) is 6. The molecule has 1 aromatic carbocycles. The van der Waals surface area contributed by atoms with Crippen LogP contribution >= 0.6 is 11.3 Å². The van der Waals surface area contributed by atoms with Crippen molar-refractivity contribution in [2.45, 2.75) is 6.54 Å². The van der Waals surface area contributed by atoms with E-state index in [9.17, 15) is 0 Å². The molecular formula is C14H11N5OS. The largest absolute Gasteiger partial charge is 0.497 e. The number of thiazole rings is 1. The molecule has 0 aliphatic rings. The predicted octanol–water partition coefficient (Wildman–Crippen LogP) is 2.33. The van der Waals surface area contributed by atoms with Crippen LogP contribution in [0, 0.1) is 11.3 Å². The average molecular weight is 297 g/mol. The molecule has 0 atom stereocenters. The molecule has 7 heteroatoms. The second kappa shape index (κ2) is 5.73. The summed E-state index contributed by atoms with van der Waals surface area (Å²) in [4.78, 5) is 4.58. The summed E-state index contributed by atoms with van der Waals surface area (Å²) in [6.45, 7) is 0.489. The summed E-state index contributed by atoms with van der Waals surface area (Å²) in [6.07, 6.45) is 1.53. The molecule has 0 spiro atoms. The molecule has 0 bridgehead atoms. The Morgan fingerprint density at radius 1 is 1.33 bits per heavy atom. The molecule has 104 valence electrons. The summed E-state index contributed by atoms with van der Waals surface area (Å²) >= 11 is 1.56. The van der Waals surface area contributed by atoms with Crippen LogP contribution in [0.15, 0.2) is 36.0 Å². The van der Waals surface area contributed by atoms with Crippen LogP contribution < -0.4 is 4.74 Å². The van der Waals surface area contributed by atoms with E-state index >= 15 is 0 Å². The number of hydrogen-bond donors (Lipinski definition) is 0. The molecular weight excluding hydrogens is 286 g/mol. The molecule has 0 saturated heterocycles. The van der Waals surface area contributed by atoms with Crippen LogP contribution in [0.1, 0.15) is 11.5 Å². The van der Waals surface area contributed by atoms with Crippen LogP contribution in [0.5, 0.6) is 5.75 Å². The Labute approximate surface area is 125 Å². The minimum atomic E-state index is 0.286. The lowest BCUT2D eigenvalue weighted by atomic mass is 10.2. The Morgan fingerprint density at radius 2 is 2.14 bits per heavy atom. The fraction of sp³-hybridized carbons (Fsp3) is 0.143. The normalized spacial score (nSPS) is 10.3. The average Bonchev–Trinajstić information content (AvgIpc) is 3.17. The Hall–Kier alpha value is -2.72. The van der Waals surface area contributed by atoms with Crippen molar-refractivity contribution in [3.8, 4) is 22.4 Å². The molecule has 2 heterocycles. The molecule has 0 radical (unpaired) electrons. The third kappa shape index (κ3) is 2.75. The van der Waals surface area contributed by atoms with Gasteiger partial charge in [-0.15, -0.1) is 21.5 Å². The molecule has 0 unspecified atom stereocenters. The molecule has 0 amide bonds. The maximum Gasteiger partial charge on any atom is 0.235 e. The highest BCUT2D eigenvalue weighted by Crippen LogP contribution is 2.26. The van der Waals surface area contributed by atoms with Crippen molar-refractivity contribution in [2.75, 3.05) is 7.11 Å². The zero-order valence-corrected chi connectivity index (χ0v) is 12.0. The lowest BCUT2D eigenvalue weighted by Gasteiger charge is -2.00. The molecule has 6 nitrogen and oxygen atoms in total. The summed E-state index contributed by atoms with van der Waals surface area (Å²) in [7, 11) is 1.64. The number of aromatic nitrogens is 4. The smallest absolute Gasteiger partial charge is 0.235 e. The number of rotatable bonds is 4. The van der Waals surface area contributed by atoms with E-state index in [1.165, 1.54) is 6.33 Å². The Balaban J connectivity index is 1.81. The van der Waals surface area contributed by atoms with Crippen molar-refractivity contribution in [2.24, 2.45) is 0 Å². The van der Waals surface area contributed by atoms with Crippen molar-refractivity contribution in [1.29, 1.82) is 5.26 Å². The third-order valence-electron chi connectivity index (χ3n) is 2.94. The van der Waals surface area contributed by atoms with Crippen molar-refractivity contribution < 1.29 is 4.74 Å². The first kappa shape index (κ1) is 13.3. The highest BCUT2D eigenvalue weighted by atomic mass is 32.1. The Bertz CT molecular complexity index is 784. The predicted molar refractivity (Wildman–Crippen MR) is 77.9 cm³/mol. The quantitative estimate of drug-likeness (QED) is 0.738. The van der Waals surface area contributed by atoms with Gasteiger partial charge in [0.15, 0.2) is 0 Å². The van der Waals surface area contributed by atoms with Gasteiger partial charge >= 0.3 is 0 Å². The molecule has 0 saturated carbocycles. The van der Waals surface area contributed by atoms with E-state index in [1.807, 2.05) is 35.7 Å². The van der Waals surface area contributed by atoms with Crippen molar-refractivity contribution in [3.05, 3.63) is 47.5 Å². The number of nitriles is 1. The number of nitrogens with zero attached hydrogens (tertiary/aromatic N) is 5. The number of methoxy groups -OCH3 is 1. The highest BCUT2D eigenvalue weighted by Gasteiger charge is 2.08. The molecule has 0 N–H and O–H groups in total. The second-order valence-electron chi connectivity index (χ2n) is 4.27. The van der Waals surface area contributed by atoms with E-state index in [1.54, 1.807) is 23.0 Å². The molecule has 3 rings (SSSR count). The standard InChI is InChI=1S/C14H11N5OS/c1-20-12-4-2-10(3-5-12)14-17-11(8-21-14)7-19-9-16-18-13(19)6-15/h2-5,8-9H,7H2,1H3. The first-order valence-corrected chi connectivity index (χ1v) is 7.05. The van der Waals surface area contributed by atoms with Gasteiger partial charge in [0, 0.05) is 10.9 Å². The van der Waals surface area contributed by atoms with Gasteiger partial charge in [0.25, 0.3) is 0 Å². The molecule has 21 heavy (non-hydrogen) atoms. The van der Waals surface area contributed by atoms with Crippen molar-refractivity contribution >= 4 is 11.3 Å². The van der Waals surface area contributed by atoms with E-state index in [0.29, 0.717) is 6.54 Å². The van der Waals surface area contributed by atoms with Gasteiger partial charge in [0.2, 0.25) is 5.82 Å². The first-order valence-electron chi connectivity index (χ1n) is 6.17. The van der Waals surface area contributed by atoms with Crippen LogP contribution in [-0.2, 0) is 6.54 Å². The Kier molecular flexibility index (Phi) is 3.62. The Morgan fingerprint density at radius 3 is 2.86 bits per heavy atom. The highest BCUT2D eigenvalue weighted by molar-refractivity contribution is 7.13. The van der Waals surface area contributed by atoms with Gasteiger partial charge in [-0.05, 0) is 24.3 Å². The summed E-state index contributed by atoms with van der Waals surface area (Å²) < 4.78 is 6.81. The van der Waals surface area contributed by atoms with Crippen LogP contribution in [-0.4, -0.2) is 26.9 Å². The first-order chi connectivity index (χ1) is 10.3. The lowest BCUT2D eigenvalue weighted by Crippen LogP contribution is -2.01. The fourth-order valence-corrected chi connectivity index (χ4v) is 2.69. The zero-order valence-electron chi connectivity index (χ0n) is 11.2. The molecule has 3 aromatic rings. The van der Waals surface area contributed by atoms with Gasteiger partial charge in [-0.3, -0.25) is 4.57 Å². The third-order valence-corrected chi connectivity index (χ3v) is 3.88. The maximum absolute atomic E-state index is 8.91. The van der Waals surface area contributed by atoms with Crippen LogP contribution in [0.25, 0.3) is 10.6 Å². The van der Waals surface area contributed by atoms with E-state index in [2.05, 4.69) is 15.2 Å². The zero-order chi connectivity index (χ0) is 14.7. The monoisotopic (exact) mass is 297 g/mol. The van der Waals surface area contributed by atoms with Gasteiger partial charge in [-0.1, -0.05) is 0 Å². The lowest BCUT2D eigenvalue weighted by molar-refractivity contribution is 0.415. The van der Waals surface area contributed by atoms with Crippen LogP contribution in [0.2, 0.25) is 0 Å². The summed E-state index contributed by atoms with van der Waals surface area (Å²) in [6, 6.07) is 9.76. The number of ether oxygens (including phenoxy) is 1. The van der Waals surface area contributed by atoms with Gasteiger partial charge in [0.05, 0.1) is 19.3 Å². The summed E-state index contributed by atoms with van der Waals surface area (Å²) in [5.41, 5.74) is 1.92. The minimum absolute atomic E-state index is 0.286. The topological polar surface area (TPSA) is 76.6 Å². The summed E-state index contributed by atoms with van der Waals surface area (Å²) in [5, 5.41) is 19.3. The van der Waals surface area contributed by atoms with Crippen LogP contribution in [0.4, 0.5) is 0 Å². The van der Waals surface area contributed by atoms with E-state index in [0.717, 1.165) is 22.0 Å². The summed E-state index contributed by atoms with van der Waals surface area (Å²) in [5.74, 6) is 1.10. The minimum Gasteiger partial charge on any atom is -0.497 e. The van der Waals surface area contributed by atoms with Crippen molar-refractivity contribution in [3.63, 3.8) is 0 Å². The van der Waals surface area contributed by atoms with E-state index in [-0.39, 0.29) is 5.82 Å². The van der Waals surface area contributed by atoms with Gasteiger partial charge in [-0.25, -0.2) is 4.98 Å². The fourth-order valence-electron chi connectivity index (χ4n) is 1.88. The molecule has 2 aromatic heterocycles. The van der Waals surface area contributed by atoms with Gasteiger partial charge < -0.3 is 4.74 Å². The SMILES string of the molecule is COc1ccc(-c2nc(Cn3cnnc3C#N)cs2)cc1. The van der Waals surface area contributed by atoms with E-state index < -0.39 is 0 Å². The van der Waals surface area contributed by atoms with Gasteiger partial charge in [0.1, 0.15) is 23.2 Å². The van der Waals surface area contributed by atoms with E-state index in [4.69, 9.17) is 10.00 Å². The van der Waals surface area contributed by atoms with Crippen LogP contribution in [0.3, 0.4) is 0 Å². The second-order valence-corrected chi connectivity index (χ2v) is 5.12. The van der Waals surface area contributed by atoms with Crippen molar-refractivity contribution in [1.82, 2.24) is 19.7 Å². The maximum atomic E-state index is 8.91. The van der Waals surface area contributed by atoms with Gasteiger partial charge in [-0.2, -0.15) is 5.26 Å². The number of benzene rings is 1. The molecule has 0 aliphatic heterocycles.